The first-order valence-corrected chi connectivity index (χ1v) is 9.99. The molecular weight excluding hydrogens is 332 g/mol. The highest BCUT2D eigenvalue weighted by Gasteiger charge is 2.17. The number of anilines is 1. The number of sulfonamides is 2. The van der Waals surface area contributed by atoms with Crippen molar-refractivity contribution in [1.82, 2.24) is 4.72 Å². The molecule has 2 aromatic rings. The van der Waals surface area contributed by atoms with Gasteiger partial charge in [0.05, 0.1) is 5.75 Å². The van der Waals surface area contributed by atoms with Crippen molar-refractivity contribution in [3.05, 3.63) is 47.8 Å². The Morgan fingerprint density at radius 2 is 1.67 bits per heavy atom. The Morgan fingerprint density at radius 3 is 2.29 bits per heavy atom. The van der Waals surface area contributed by atoms with Gasteiger partial charge in [-0.3, -0.25) is 4.72 Å². The van der Waals surface area contributed by atoms with Crippen molar-refractivity contribution in [1.29, 1.82) is 0 Å². The highest BCUT2D eigenvalue weighted by molar-refractivity contribution is 7.93. The molecule has 0 fully saturated rings. The third-order valence-electron chi connectivity index (χ3n) is 2.47. The van der Waals surface area contributed by atoms with Gasteiger partial charge in [-0.25, -0.2) is 21.6 Å². The fourth-order valence-electron chi connectivity index (χ4n) is 1.53. The number of nitrogens with one attached hydrogen (secondary N) is 2. The molecule has 1 heterocycles. The highest BCUT2D eigenvalue weighted by atomic mass is 32.2. The second-order valence-corrected chi connectivity index (χ2v) is 8.90. The maximum atomic E-state index is 11.8. The molecule has 114 valence electrons. The van der Waals surface area contributed by atoms with E-state index >= 15 is 0 Å². The van der Waals surface area contributed by atoms with Crippen molar-refractivity contribution >= 4 is 37.1 Å². The molecule has 0 amide bonds. The summed E-state index contributed by atoms with van der Waals surface area (Å²) in [5, 5.41) is 1.64. The van der Waals surface area contributed by atoms with E-state index in [4.69, 9.17) is 0 Å². The first kappa shape index (κ1) is 16.0. The van der Waals surface area contributed by atoms with E-state index in [1.165, 1.54) is 6.07 Å². The van der Waals surface area contributed by atoms with E-state index in [0.717, 1.165) is 11.3 Å². The van der Waals surface area contributed by atoms with E-state index in [1.54, 1.807) is 41.8 Å². The Labute approximate surface area is 127 Å². The minimum absolute atomic E-state index is 0.163. The van der Waals surface area contributed by atoms with Gasteiger partial charge in [0.15, 0.2) is 0 Å². The van der Waals surface area contributed by atoms with E-state index in [-0.39, 0.29) is 16.5 Å². The summed E-state index contributed by atoms with van der Waals surface area (Å²) in [5.41, 5.74) is 0.443. The zero-order valence-electron chi connectivity index (χ0n) is 10.9. The summed E-state index contributed by atoms with van der Waals surface area (Å²) in [4.78, 5) is 0. The quantitative estimate of drug-likeness (QED) is 0.794. The van der Waals surface area contributed by atoms with Crippen LogP contribution in [0.5, 0.6) is 0 Å². The summed E-state index contributed by atoms with van der Waals surface area (Å²) >= 11 is 1.07. The van der Waals surface area contributed by atoms with Gasteiger partial charge < -0.3 is 0 Å². The molecule has 0 saturated carbocycles. The Bertz CT molecular complexity index is 769. The largest absolute Gasteiger partial charge is 0.284 e. The lowest BCUT2D eigenvalue weighted by Crippen LogP contribution is -2.30. The van der Waals surface area contributed by atoms with Gasteiger partial charge in [0.25, 0.3) is 0 Å². The maximum absolute atomic E-state index is 11.8. The third-order valence-corrected chi connectivity index (χ3v) is 6.62. The fourth-order valence-corrected chi connectivity index (χ4v) is 4.70. The zero-order valence-corrected chi connectivity index (χ0v) is 13.3. The second-order valence-electron chi connectivity index (χ2n) is 4.12. The van der Waals surface area contributed by atoms with Gasteiger partial charge in [-0.15, -0.1) is 11.3 Å². The molecule has 0 atom stereocenters. The lowest BCUT2D eigenvalue weighted by molar-refractivity contribution is 0.584. The predicted molar refractivity (Wildman–Crippen MR) is 83.4 cm³/mol. The third kappa shape index (κ3) is 4.81. The van der Waals surface area contributed by atoms with Gasteiger partial charge in [-0.1, -0.05) is 24.3 Å². The standard InChI is InChI=1S/C12H14N2O4S3/c15-20(16,14-11-5-2-1-3-6-11)10-8-13-21(17,18)12-7-4-9-19-12/h1-7,9,13-14H,8,10H2. The molecule has 0 aliphatic heterocycles. The van der Waals surface area contributed by atoms with E-state index < -0.39 is 20.0 Å². The van der Waals surface area contributed by atoms with Crippen LogP contribution >= 0.6 is 11.3 Å². The Hall–Kier alpha value is -1.42. The second kappa shape index (κ2) is 6.56. The summed E-state index contributed by atoms with van der Waals surface area (Å²) in [6.45, 7) is -0.192. The molecule has 0 spiro atoms. The molecule has 0 bridgehead atoms. The minimum Gasteiger partial charge on any atom is -0.284 e. The molecule has 6 nitrogen and oxygen atoms in total. The summed E-state index contributed by atoms with van der Waals surface area (Å²) in [6, 6.07) is 11.5. The van der Waals surface area contributed by atoms with Gasteiger partial charge in [0, 0.05) is 12.2 Å². The van der Waals surface area contributed by atoms with Crippen molar-refractivity contribution in [2.45, 2.75) is 4.21 Å². The van der Waals surface area contributed by atoms with Crippen LogP contribution in [0.4, 0.5) is 5.69 Å². The Balaban J connectivity index is 1.91. The molecule has 0 saturated heterocycles. The number of rotatable bonds is 7. The number of thiophene rings is 1. The van der Waals surface area contributed by atoms with Crippen LogP contribution in [-0.2, 0) is 20.0 Å². The van der Waals surface area contributed by atoms with Crippen LogP contribution in [0.1, 0.15) is 0 Å². The van der Waals surface area contributed by atoms with Crippen molar-refractivity contribution in [3.8, 4) is 0 Å². The molecule has 1 aromatic carbocycles. The van der Waals surface area contributed by atoms with Gasteiger partial charge in [-0.05, 0) is 23.6 Å². The van der Waals surface area contributed by atoms with Crippen LogP contribution in [0.3, 0.4) is 0 Å². The van der Waals surface area contributed by atoms with Crippen LogP contribution < -0.4 is 9.44 Å². The van der Waals surface area contributed by atoms with Gasteiger partial charge in [0.1, 0.15) is 4.21 Å². The molecule has 0 unspecified atom stereocenters. The van der Waals surface area contributed by atoms with Crippen molar-refractivity contribution in [2.24, 2.45) is 0 Å². The van der Waals surface area contributed by atoms with Crippen LogP contribution in [0.2, 0.25) is 0 Å². The Kier molecular flexibility index (Phi) is 4.99. The fraction of sp³-hybridized carbons (Fsp3) is 0.167. The molecule has 0 aliphatic rings. The van der Waals surface area contributed by atoms with Crippen LogP contribution in [-0.4, -0.2) is 29.1 Å². The van der Waals surface area contributed by atoms with Gasteiger partial charge in [-0.2, -0.15) is 0 Å². The maximum Gasteiger partial charge on any atom is 0.250 e. The lowest BCUT2D eigenvalue weighted by Gasteiger charge is -2.08. The van der Waals surface area contributed by atoms with Crippen LogP contribution in [0.25, 0.3) is 0 Å². The van der Waals surface area contributed by atoms with Crippen molar-refractivity contribution in [3.63, 3.8) is 0 Å². The molecule has 1 aromatic heterocycles. The number of para-hydroxylation sites is 1. The lowest BCUT2D eigenvalue weighted by atomic mass is 10.3. The average molecular weight is 346 g/mol. The summed E-state index contributed by atoms with van der Waals surface area (Å²) in [5.74, 6) is -0.341. The number of hydrogen-bond donors (Lipinski definition) is 2. The Morgan fingerprint density at radius 1 is 0.952 bits per heavy atom. The highest BCUT2D eigenvalue weighted by Crippen LogP contribution is 2.15. The molecule has 9 heteroatoms. The molecule has 0 radical (unpaired) electrons. The normalized spacial score (nSPS) is 12.2. The average Bonchev–Trinajstić information content (AvgIpc) is 2.93. The van der Waals surface area contributed by atoms with Crippen molar-refractivity contribution < 1.29 is 16.8 Å². The predicted octanol–water partition coefficient (Wildman–Crippen LogP) is 1.47. The van der Waals surface area contributed by atoms with E-state index in [2.05, 4.69) is 9.44 Å². The topological polar surface area (TPSA) is 92.3 Å². The molecule has 0 aliphatic carbocycles. The smallest absolute Gasteiger partial charge is 0.250 e. The summed E-state index contributed by atoms with van der Waals surface area (Å²) < 4.78 is 52.1. The van der Waals surface area contributed by atoms with Gasteiger partial charge >= 0.3 is 0 Å². The number of hydrogen-bond acceptors (Lipinski definition) is 5. The van der Waals surface area contributed by atoms with E-state index in [0.29, 0.717) is 5.69 Å². The monoisotopic (exact) mass is 346 g/mol. The van der Waals surface area contributed by atoms with Crippen molar-refractivity contribution in [2.75, 3.05) is 17.0 Å². The zero-order chi connectivity index (χ0) is 15.3. The molecule has 2 N–H and O–H groups in total. The first-order valence-electron chi connectivity index (χ1n) is 5.98. The minimum atomic E-state index is -3.64. The van der Waals surface area contributed by atoms with E-state index in [9.17, 15) is 16.8 Å². The molecular formula is C12H14N2O4S3. The SMILES string of the molecule is O=S(=O)(CCNS(=O)(=O)c1cccs1)Nc1ccccc1. The first-order chi connectivity index (χ1) is 9.89. The van der Waals surface area contributed by atoms with Crippen LogP contribution in [0.15, 0.2) is 52.1 Å². The molecule has 2 rings (SSSR count). The van der Waals surface area contributed by atoms with Gasteiger partial charge in [0.2, 0.25) is 20.0 Å². The summed E-state index contributed by atoms with van der Waals surface area (Å²) in [6.07, 6.45) is 0. The number of benzene rings is 1. The van der Waals surface area contributed by atoms with Crippen LogP contribution in [0, 0.1) is 0 Å². The molecule has 21 heavy (non-hydrogen) atoms. The van der Waals surface area contributed by atoms with E-state index in [1.807, 2.05) is 0 Å². The summed E-state index contributed by atoms with van der Waals surface area (Å²) in [7, 11) is -7.24.